The Labute approximate surface area is 158 Å². The standard InChI is InChI=1S/C22H24FNO3/c1-21(2,3)27-20(25)24-12-11-15(13-24)22(26)17-10-9-16(18(22)19(17)23)14-7-5-4-6-8-14/h4-10,15,26H,11-13H2,1-3H3. The predicted molar refractivity (Wildman–Crippen MR) is 101 cm³/mol. The molecule has 4 nitrogen and oxygen atoms in total. The Kier molecular flexibility index (Phi) is 4.04. The van der Waals surface area contributed by atoms with Crippen LogP contribution in [0, 0.1) is 5.92 Å². The molecule has 2 bridgehead atoms. The molecule has 4 rings (SSSR count). The molecule has 1 saturated heterocycles. The van der Waals surface area contributed by atoms with E-state index in [0.29, 0.717) is 36.2 Å². The van der Waals surface area contributed by atoms with Crippen LogP contribution < -0.4 is 0 Å². The number of carbonyl (C=O) groups excluding carboxylic acids is 1. The Morgan fingerprint density at radius 1 is 1.26 bits per heavy atom. The molecule has 0 aromatic heterocycles. The maximum absolute atomic E-state index is 14.7. The van der Waals surface area contributed by atoms with Crippen LogP contribution in [0.2, 0.25) is 0 Å². The van der Waals surface area contributed by atoms with Gasteiger partial charge in [0, 0.05) is 30.2 Å². The van der Waals surface area contributed by atoms with Gasteiger partial charge in [-0.05, 0) is 38.3 Å². The lowest BCUT2D eigenvalue weighted by Crippen LogP contribution is -2.51. The molecule has 1 aliphatic heterocycles. The van der Waals surface area contributed by atoms with Gasteiger partial charge in [0.1, 0.15) is 17.0 Å². The molecule has 0 saturated carbocycles. The average Bonchev–Trinajstić information content (AvgIpc) is 3.12. The Morgan fingerprint density at radius 2 is 1.96 bits per heavy atom. The normalized spacial score (nSPS) is 27.1. The van der Waals surface area contributed by atoms with Gasteiger partial charge in [-0.25, -0.2) is 9.18 Å². The zero-order chi connectivity index (χ0) is 19.4. The summed E-state index contributed by atoms with van der Waals surface area (Å²) in [5.74, 6) is -0.590. The van der Waals surface area contributed by atoms with Crippen molar-refractivity contribution in [1.82, 2.24) is 4.90 Å². The van der Waals surface area contributed by atoms with Crippen molar-refractivity contribution in [1.29, 1.82) is 0 Å². The van der Waals surface area contributed by atoms with Crippen LogP contribution >= 0.6 is 0 Å². The molecule has 2 unspecified atom stereocenters. The maximum atomic E-state index is 14.7. The van der Waals surface area contributed by atoms with Crippen molar-refractivity contribution in [3.05, 3.63) is 65.0 Å². The minimum atomic E-state index is -1.35. The Hall–Kier alpha value is -2.40. The van der Waals surface area contributed by atoms with Crippen LogP contribution in [0.4, 0.5) is 9.18 Å². The number of likely N-dealkylation sites (tertiary alicyclic amines) is 1. The molecule has 1 heterocycles. The number of hydrogen-bond donors (Lipinski definition) is 1. The molecule has 2 atom stereocenters. The second kappa shape index (κ2) is 6.06. The second-order valence-electron chi connectivity index (χ2n) is 8.39. The van der Waals surface area contributed by atoms with E-state index in [0.717, 1.165) is 5.56 Å². The number of hydrogen-bond acceptors (Lipinski definition) is 3. The quantitative estimate of drug-likeness (QED) is 0.848. The van der Waals surface area contributed by atoms with E-state index in [4.69, 9.17) is 4.74 Å². The topological polar surface area (TPSA) is 49.8 Å². The molecule has 1 aromatic carbocycles. The van der Waals surface area contributed by atoms with Gasteiger partial charge in [0.2, 0.25) is 0 Å². The van der Waals surface area contributed by atoms with Crippen molar-refractivity contribution in [3.63, 3.8) is 0 Å². The van der Waals surface area contributed by atoms with Crippen molar-refractivity contribution in [2.45, 2.75) is 38.4 Å². The van der Waals surface area contributed by atoms with Gasteiger partial charge in [-0.15, -0.1) is 0 Å². The number of aliphatic hydroxyl groups is 1. The van der Waals surface area contributed by atoms with Crippen LogP contribution in [0.1, 0.15) is 32.8 Å². The van der Waals surface area contributed by atoms with E-state index in [9.17, 15) is 14.3 Å². The summed E-state index contributed by atoms with van der Waals surface area (Å²) < 4.78 is 20.1. The van der Waals surface area contributed by atoms with Gasteiger partial charge < -0.3 is 14.7 Å². The molecule has 142 valence electrons. The molecule has 1 N–H and O–H groups in total. The van der Waals surface area contributed by atoms with Gasteiger partial charge in [-0.2, -0.15) is 0 Å². The first-order chi connectivity index (χ1) is 12.7. The van der Waals surface area contributed by atoms with E-state index in [1.54, 1.807) is 11.0 Å². The van der Waals surface area contributed by atoms with E-state index in [2.05, 4.69) is 0 Å². The molecule has 0 spiro atoms. The van der Waals surface area contributed by atoms with Crippen molar-refractivity contribution in [2.24, 2.45) is 5.92 Å². The molecule has 27 heavy (non-hydrogen) atoms. The van der Waals surface area contributed by atoms with Crippen LogP contribution in [0.5, 0.6) is 0 Å². The highest BCUT2D eigenvalue weighted by Gasteiger charge is 2.58. The minimum Gasteiger partial charge on any atom is -0.444 e. The first-order valence-corrected chi connectivity index (χ1v) is 9.31. The fraction of sp³-hybridized carbons (Fsp3) is 0.409. The summed E-state index contributed by atoms with van der Waals surface area (Å²) in [6, 6.07) is 9.51. The number of amides is 1. The summed E-state index contributed by atoms with van der Waals surface area (Å²) in [6.45, 7) is 6.31. The SMILES string of the molecule is CC(C)(C)OC(=O)N1CCC(C2(O)c3ccc(-c4ccccc4)c2c3F)C1. The molecule has 3 aliphatic rings. The predicted octanol–water partition coefficient (Wildman–Crippen LogP) is 4.24. The second-order valence-corrected chi connectivity index (χ2v) is 8.39. The van der Waals surface area contributed by atoms with Crippen LogP contribution in [0.3, 0.4) is 0 Å². The van der Waals surface area contributed by atoms with E-state index in [1.807, 2.05) is 57.2 Å². The lowest BCUT2D eigenvalue weighted by Gasteiger charge is -2.48. The summed E-state index contributed by atoms with van der Waals surface area (Å²) in [7, 11) is 0. The Morgan fingerprint density at radius 3 is 2.59 bits per heavy atom. The first-order valence-electron chi connectivity index (χ1n) is 9.31. The lowest BCUT2D eigenvalue weighted by molar-refractivity contribution is 0.0195. The fourth-order valence-corrected chi connectivity index (χ4v) is 4.19. The number of benzene rings is 1. The highest BCUT2D eigenvalue weighted by molar-refractivity contribution is 5.92. The van der Waals surface area contributed by atoms with Crippen LogP contribution in [0.15, 0.2) is 59.5 Å². The van der Waals surface area contributed by atoms with Gasteiger partial charge in [0.25, 0.3) is 0 Å². The lowest BCUT2D eigenvalue weighted by atomic mass is 9.60. The third-order valence-electron chi connectivity index (χ3n) is 5.45. The molecule has 1 fully saturated rings. The summed E-state index contributed by atoms with van der Waals surface area (Å²) in [6.07, 6.45) is 3.74. The monoisotopic (exact) mass is 369 g/mol. The van der Waals surface area contributed by atoms with Gasteiger partial charge in [-0.1, -0.05) is 42.5 Å². The fourth-order valence-electron chi connectivity index (χ4n) is 4.19. The third-order valence-corrected chi connectivity index (χ3v) is 5.45. The smallest absolute Gasteiger partial charge is 0.410 e. The third kappa shape index (κ3) is 2.81. The largest absolute Gasteiger partial charge is 0.444 e. The molecule has 2 aliphatic carbocycles. The highest BCUT2D eigenvalue weighted by atomic mass is 19.1. The number of rotatable bonds is 2. The number of allylic oxidation sites excluding steroid dienone is 2. The summed E-state index contributed by atoms with van der Waals surface area (Å²) in [5.41, 5.74) is 0.343. The van der Waals surface area contributed by atoms with Crippen LogP contribution in [-0.2, 0) is 4.74 Å². The summed E-state index contributed by atoms with van der Waals surface area (Å²) in [5, 5.41) is 11.4. The minimum absolute atomic E-state index is 0.252. The van der Waals surface area contributed by atoms with Crippen molar-refractivity contribution in [3.8, 4) is 0 Å². The van der Waals surface area contributed by atoms with Gasteiger partial charge >= 0.3 is 6.09 Å². The van der Waals surface area contributed by atoms with Gasteiger partial charge in [0.15, 0.2) is 0 Å². The number of carbonyl (C=O) groups is 1. The number of fused-ring (bicyclic) bond motifs is 2. The van der Waals surface area contributed by atoms with E-state index in [-0.39, 0.29) is 17.8 Å². The van der Waals surface area contributed by atoms with Crippen molar-refractivity contribution < 1.29 is 19.0 Å². The molecular formula is C22H24FNO3. The molecule has 5 heteroatoms. The summed E-state index contributed by atoms with van der Waals surface area (Å²) in [4.78, 5) is 14.0. The van der Waals surface area contributed by atoms with Crippen molar-refractivity contribution >= 4 is 11.7 Å². The Balaban J connectivity index is 1.57. The molecular weight excluding hydrogens is 345 g/mol. The number of nitrogens with zero attached hydrogens (tertiary/aromatic N) is 1. The van der Waals surface area contributed by atoms with E-state index >= 15 is 0 Å². The molecule has 0 radical (unpaired) electrons. The highest BCUT2D eigenvalue weighted by Crippen LogP contribution is 2.58. The first kappa shape index (κ1) is 18.0. The average molecular weight is 369 g/mol. The molecule has 1 amide bonds. The van der Waals surface area contributed by atoms with Crippen LogP contribution in [-0.4, -0.2) is 40.4 Å². The van der Waals surface area contributed by atoms with Crippen molar-refractivity contribution in [2.75, 3.05) is 13.1 Å². The van der Waals surface area contributed by atoms with Crippen LogP contribution in [0.25, 0.3) is 5.57 Å². The summed E-state index contributed by atoms with van der Waals surface area (Å²) >= 11 is 0. The number of halogens is 1. The molecule has 1 aromatic rings. The Bertz CT molecular complexity index is 879. The van der Waals surface area contributed by atoms with E-state index < -0.39 is 11.2 Å². The van der Waals surface area contributed by atoms with Gasteiger partial charge in [-0.3, -0.25) is 0 Å². The maximum Gasteiger partial charge on any atom is 0.410 e. The van der Waals surface area contributed by atoms with Gasteiger partial charge in [0.05, 0.1) is 0 Å². The zero-order valence-corrected chi connectivity index (χ0v) is 15.8. The van der Waals surface area contributed by atoms with E-state index in [1.165, 1.54) is 0 Å². The number of ether oxygens (including phenoxy) is 1. The zero-order valence-electron chi connectivity index (χ0n) is 15.8.